The van der Waals surface area contributed by atoms with E-state index in [1.807, 2.05) is 24.3 Å². The van der Waals surface area contributed by atoms with Crippen LogP contribution in [0.3, 0.4) is 0 Å². The van der Waals surface area contributed by atoms with Crippen molar-refractivity contribution in [1.82, 2.24) is 10.6 Å². The third-order valence-corrected chi connectivity index (χ3v) is 4.31. The quantitative estimate of drug-likeness (QED) is 0.349. The van der Waals surface area contributed by atoms with E-state index in [-0.39, 0.29) is 5.82 Å². The fourth-order valence-electron chi connectivity index (χ4n) is 2.06. The highest BCUT2D eigenvalue weighted by Crippen LogP contribution is 2.17. The van der Waals surface area contributed by atoms with Crippen molar-refractivity contribution in [1.29, 1.82) is 0 Å². The number of nitrogens with zero attached hydrogens (tertiary/aromatic N) is 1. The highest BCUT2D eigenvalue weighted by Gasteiger charge is 2.00. The van der Waals surface area contributed by atoms with Gasteiger partial charge in [0.1, 0.15) is 11.6 Å². The number of thioether (sulfide) groups is 1. The Hall–Kier alpha value is -2.21. The monoisotopic (exact) mass is 347 g/mol. The number of hydrogen-bond acceptors (Lipinski definition) is 3. The molecule has 0 spiro atoms. The summed E-state index contributed by atoms with van der Waals surface area (Å²) in [5.41, 5.74) is 1.12. The number of rotatable bonds is 7. The van der Waals surface area contributed by atoms with Crippen LogP contribution in [0.25, 0.3) is 0 Å². The van der Waals surface area contributed by atoms with Crippen molar-refractivity contribution < 1.29 is 9.13 Å². The van der Waals surface area contributed by atoms with Crippen molar-refractivity contribution in [3.05, 3.63) is 59.9 Å². The van der Waals surface area contributed by atoms with Crippen molar-refractivity contribution in [3.63, 3.8) is 0 Å². The average molecular weight is 347 g/mol. The van der Waals surface area contributed by atoms with Gasteiger partial charge in [0.2, 0.25) is 0 Å². The summed E-state index contributed by atoms with van der Waals surface area (Å²) in [5, 5.41) is 6.53. The van der Waals surface area contributed by atoms with E-state index in [1.54, 1.807) is 38.1 Å². The lowest BCUT2D eigenvalue weighted by Crippen LogP contribution is -2.37. The molecule has 0 radical (unpaired) electrons. The van der Waals surface area contributed by atoms with Crippen LogP contribution in [0.4, 0.5) is 4.39 Å². The van der Waals surface area contributed by atoms with Crippen LogP contribution in [-0.4, -0.2) is 32.4 Å². The third-order valence-electron chi connectivity index (χ3n) is 3.29. The maximum atomic E-state index is 12.8. The second-order valence-corrected chi connectivity index (χ2v) is 6.17. The smallest absolute Gasteiger partial charge is 0.191 e. The molecule has 0 saturated heterocycles. The van der Waals surface area contributed by atoms with Gasteiger partial charge in [-0.15, -0.1) is 11.8 Å². The molecule has 0 atom stereocenters. The Kier molecular flexibility index (Phi) is 7.42. The Morgan fingerprint density at radius 1 is 1.17 bits per heavy atom. The van der Waals surface area contributed by atoms with Crippen molar-refractivity contribution in [2.24, 2.45) is 4.99 Å². The average Bonchev–Trinajstić information content (AvgIpc) is 2.63. The fraction of sp³-hybridized carbons (Fsp3) is 0.278. The molecule has 2 N–H and O–H groups in total. The Bertz CT molecular complexity index is 662. The first-order chi connectivity index (χ1) is 11.7. The van der Waals surface area contributed by atoms with Gasteiger partial charge in [0.25, 0.3) is 0 Å². The zero-order valence-electron chi connectivity index (χ0n) is 13.9. The van der Waals surface area contributed by atoms with Gasteiger partial charge < -0.3 is 15.4 Å². The third kappa shape index (κ3) is 6.12. The highest BCUT2D eigenvalue weighted by atomic mass is 32.2. The molecule has 0 aliphatic heterocycles. The normalized spacial score (nSPS) is 11.2. The first-order valence-corrected chi connectivity index (χ1v) is 8.65. The first-order valence-electron chi connectivity index (χ1n) is 7.67. The predicted molar refractivity (Wildman–Crippen MR) is 98.3 cm³/mol. The van der Waals surface area contributed by atoms with Crippen LogP contribution < -0.4 is 15.4 Å². The summed E-state index contributed by atoms with van der Waals surface area (Å²) in [4.78, 5) is 5.26. The molecule has 2 aromatic carbocycles. The second kappa shape index (κ2) is 9.82. The number of ether oxygens (including phenoxy) is 1. The van der Waals surface area contributed by atoms with Crippen LogP contribution in [0.5, 0.6) is 5.75 Å². The summed E-state index contributed by atoms with van der Waals surface area (Å²) in [7, 11) is 3.40. The molecule has 0 heterocycles. The molecule has 0 aromatic heterocycles. The van der Waals surface area contributed by atoms with E-state index in [9.17, 15) is 4.39 Å². The molecule has 0 aliphatic carbocycles. The van der Waals surface area contributed by atoms with Gasteiger partial charge in [0, 0.05) is 30.8 Å². The van der Waals surface area contributed by atoms with E-state index < -0.39 is 0 Å². The predicted octanol–water partition coefficient (Wildman–Crippen LogP) is 3.29. The van der Waals surface area contributed by atoms with E-state index in [1.165, 1.54) is 12.1 Å². The largest absolute Gasteiger partial charge is 0.497 e. The van der Waals surface area contributed by atoms with Gasteiger partial charge in [0.05, 0.1) is 7.11 Å². The van der Waals surface area contributed by atoms with Crippen molar-refractivity contribution in [2.75, 3.05) is 26.5 Å². The number of halogens is 1. The summed E-state index contributed by atoms with van der Waals surface area (Å²) < 4.78 is 18.1. The Morgan fingerprint density at radius 2 is 1.96 bits per heavy atom. The zero-order chi connectivity index (χ0) is 17.2. The molecule has 0 unspecified atom stereocenters. The van der Waals surface area contributed by atoms with Gasteiger partial charge in [-0.1, -0.05) is 12.1 Å². The highest BCUT2D eigenvalue weighted by molar-refractivity contribution is 7.99. The number of guanidine groups is 1. The van der Waals surface area contributed by atoms with Crippen LogP contribution in [0.15, 0.2) is 58.4 Å². The molecule has 0 amide bonds. The minimum atomic E-state index is -0.209. The van der Waals surface area contributed by atoms with Crippen LogP contribution in [0.2, 0.25) is 0 Å². The molecule has 2 rings (SSSR count). The number of benzene rings is 2. The number of hydrogen-bond donors (Lipinski definition) is 2. The minimum Gasteiger partial charge on any atom is -0.497 e. The van der Waals surface area contributed by atoms with E-state index >= 15 is 0 Å². The molecule has 0 saturated carbocycles. The van der Waals surface area contributed by atoms with Crippen LogP contribution >= 0.6 is 11.8 Å². The summed E-state index contributed by atoms with van der Waals surface area (Å²) in [5.74, 6) is 2.25. The number of nitrogens with one attached hydrogen (secondary N) is 2. The Morgan fingerprint density at radius 3 is 2.67 bits per heavy atom. The van der Waals surface area contributed by atoms with Crippen LogP contribution in [0.1, 0.15) is 5.56 Å². The van der Waals surface area contributed by atoms with Gasteiger partial charge in [-0.3, -0.25) is 4.99 Å². The SMILES string of the molecule is CN=C(NCCSc1ccc(F)cc1)NCc1cccc(OC)c1. The molecule has 2 aromatic rings. The van der Waals surface area contributed by atoms with Gasteiger partial charge >= 0.3 is 0 Å². The Labute approximate surface area is 146 Å². The van der Waals surface area contributed by atoms with Crippen molar-refractivity contribution in [3.8, 4) is 5.75 Å². The molecular weight excluding hydrogens is 325 g/mol. The van der Waals surface area contributed by atoms with E-state index in [2.05, 4.69) is 15.6 Å². The summed E-state index contributed by atoms with van der Waals surface area (Å²) in [6.45, 7) is 1.43. The van der Waals surface area contributed by atoms with Crippen molar-refractivity contribution in [2.45, 2.75) is 11.4 Å². The summed E-state index contributed by atoms with van der Waals surface area (Å²) in [6, 6.07) is 14.4. The molecule has 0 aliphatic rings. The number of methoxy groups -OCH3 is 1. The van der Waals surface area contributed by atoms with Crippen LogP contribution in [-0.2, 0) is 6.54 Å². The zero-order valence-corrected chi connectivity index (χ0v) is 14.7. The molecule has 4 nitrogen and oxygen atoms in total. The van der Waals surface area contributed by atoms with Crippen LogP contribution in [0, 0.1) is 5.82 Å². The van der Waals surface area contributed by atoms with E-state index in [0.717, 1.165) is 34.5 Å². The lowest BCUT2D eigenvalue weighted by atomic mass is 10.2. The van der Waals surface area contributed by atoms with E-state index in [0.29, 0.717) is 6.54 Å². The lowest BCUT2D eigenvalue weighted by molar-refractivity contribution is 0.414. The second-order valence-electron chi connectivity index (χ2n) is 5.01. The minimum absolute atomic E-state index is 0.209. The van der Waals surface area contributed by atoms with E-state index in [4.69, 9.17) is 4.74 Å². The number of aliphatic imine (C=N–C) groups is 1. The maximum absolute atomic E-state index is 12.8. The van der Waals surface area contributed by atoms with Gasteiger partial charge in [-0.25, -0.2) is 4.39 Å². The maximum Gasteiger partial charge on any atom is 0.191 e. The van der Waals surface area contributed by atoms with Crippen molar-refractivity contribution >= 4 is 17.7 Å². The standard InChI is InChI=1S/C18H22FN3OS/c1-20-18(22-13-14-4-3-5-16(12-14)23-2)21-10-11-24-17-8-6-15(19)7-9-17/h3-9,12H,10-11,13H2,1-2H3,(H2,20,21,22). The molecular formula is C18H22FN3OS. The fourth-order valence-corrected chi connectivity index (χ4v) is 2.83. The Balaban J connectivity index is 1.71. The summed E-state index contributed by atoms with van der Waals surface area (Å²) >= 11 is 1.67. The molecule has 6 heteroatoms. The molecule has 24 heavy (non-hydrogen) atoms. The molecule has 0 fully saturated rings. The summed E-state index contributed by atoms with van der Waals surface area (Å²) in [6.07, 6.45) is 0. The lowest BCUT2D eigenvalue weighted by Gasteiger charge is -2.12. The molecule has 0 bridgehead atoms. The topological polar surface area (TPSA) is 45.7 Å². The first kappa shape index (κ1) is 18.1. The van der Waals surface area contributed by atoms with Gasteiger partial charge in [0.15, 0.2) is 5.96 Å². The van der Waals surface area contributed by atoms with Gasteiger partial charge in [-0.05, 0) is 42.0 Å². The van der Waals surface area contributed by atoms with Gasteiger partial charge in [-0.2, -0.15) is 0 Å². The molecule has 128 valence electrons.